The highest BCUT2D eigenvalue weighted by Crippen LogP contribution is 2.15. The van der Waals surface area contributed by atoms with E-state index in [0.717, 1.165) is 4.47 Å². The van der Waals surface area contributed by atoms with Crippen LogP contribution in [-0.4, -0.2) is 23.3 Å². The summed E-state index contributed by atoms with van der Waals surface area (Å²) in [6.45, 7) is 3.73. The summed E-state index contributed by atoms with van der Waals surface area (Å²) in [5, 5.41) is 11.4. The van der Waals surface area contributed by atoms with Crippen molar-refractivity contribution in [3.63, 3.8) is 0 Å². The predicted molar refractivity (Wildman–Crippen MR) is 75.1 cm³/mol. The van der Waals surface area contributed by atoms with Crippen LogP contribution in [0.3, 0.4) is 0 Å². The van der Waals surface area contributed by atoms with Crippen molar-refractivity contribution in [3.05, 3.63) is 28.7 Å². The third-order valence-electron chi connectivity index (χ3n) is 2.30. The minimum absolute atomic E-state index is 0.126. The Morgan fingerprint density at radius 2 is 1.89 bits per heavy atom. The quantitative estimate of drug-likeness (QED) is 0.866. The average Bonchev–Trinajstić information content (AvgIpc) is 2.30. The molecule has 0 radical (unpaired) electrons. The minimum atomic E-state index is -1.14. The maximum absolute atomic E-state index is 11.6. The van der Waals surface area contributed by atoms with Gasteiger partial charge in [0.25, 0.3) is 0 Å². The van der Waals surface area contributed by atoms with Gasteiger partial charge in [0.05, 0.1) is 0 Å². The second-order valence-corrected chi connectivity index (χ2v) is 5.41. The molecule has 1 rings (SSSR count). The Morgan fingerprint density at radius 3 is 2.37 bits per heavy atom. The van der Waals surface area contributed by atoms with Crippen LogP contribution in [0.25, 0.3) is 0 Å². The van der Waals surface area contributed by atoms with E-state index in [1.807, 2.05) is 13.8 Å². The van der Waals surface area contributed by atoms with Crippen molar-refractivity contribution in [2.45, 2.75) is 26.4 Å². The lowest BCUT2D eigenvalue weighted by Crippen LogP contribution is -2.30. The number of hydrogen-bond donors (Lipinski definition) is 2. The van der Waals surface area contributed by atoms with E-state index in [1.165, 1.54) is 0 Å². The van der Waals surface area contributed by atoms with Gasteiger partial charge in [-0.05, 0) is 36.6 Å². The number of halogens is 1. The Kier molecular flexibility index (Phi) is 5.82. The average molecular weight is 330 g/mol. The summed E-state index contributed by atoms with van der Waals surface area (Å²) in [6.07, 6.45) is -1.62. The van der Waals surface area contributed by atoms with Crippen LogP contribution in [0.15, 0.2) is 28.7 Å². The van der Waals surface area contributed by atoms with Gasteiger partial charge in [-0.15, -0.1) is 0 Å². The third-order valence-corrected chi connectivity index (χ3v) is 2.83. The highest BCUT2D eigenvalue weighted by atomic mass is 79.9. The number of carboxylic acids is 1. The molecule has 104 valence electrons. The second-order valence-electron chi connectivity index (χ2n) is 4.49. The summed E-state index contributed by atoms with van der Waals surface area (Å²) in [5.74, 6) is -1.01. The van der Waals surface area contributed by atoms with Crippen LogP contribution in [0.4, 0.5) is 10.5 Å². The molecule has 0 aliphatic carbocycles. The largest absolute Gasteiger partial charge is 0.479 e. The van der Waals surface area contributed by atoms with Crippen molar-refractivity contribution in [1.29, 1.82) is 0 Å². The highest BCUT2D eigenvalue weighted by Gasteiger charge is 2.23. The zero-order valence-electron chi connectivity index (χ0n) is 10.7. The fraction of sp³-hybridized carbons (Fsp3) is 0.385. The Balaban J connectivity index is 2.57. The molecule has 1 aromatic rings. The summed E-state index contributed by atoms with van der Waals surface area (Å²) < 4.78 is 5.78. The van der Waals surface area contributed by atoms with Crippen molar-refractivity contribution in [2.24, 2.45) is 5.92 Å². The van der Waals surface area contributed by atoms with Gasteiger partial charge in [-0.3, -0.25) is 5.32 Å². The number of carboxylic acid groups (broad SMARTS) is 1. The van der Waals surface area contributed by atoms with Crippen LogP contribution in [0, 0.1) is 5.92 Å². The summed E-state index contributed by atoms with van der Waals surface area (Å²) in [6, 6.07) is 6.89. The van der Waals surface area contributed by atoms with E-state index in [0.29, 0.717) is 5.69 Å². The van der Waals surface area contributed by atoms with E-state index in [9.17, 15) is 9.59 Å². The van der Waals surface area contributed by atoms with Crippen molar-refractivity contribution in [2.75, 3.05) is 5.32 Å². The van der Waals surface area contributed by atoms with Crippen LogP contribution in [0.1, 0.15) is 20.3 Å². The number of amides is 1. The monoisotopic (exact) mass is 329 g/mol. The van der Waals surface area contributed by atoms with E-state index in [4.69, 9.17) is 9.84 Å². The van der Waals surface area contributed by atoms with Crippen LogP contribution < -0.4 is 5.32 Å². The first kappa shape index (κ1) is 15.5. The van der Waals surface area contributed by atoms with Crippen LogP contribution >= 0.6 is 15.9 Å². The maximum atomic E-state index is 11.6. The number of anilines is 1. The number of nitrogens with one attached hydrogen (secondary N) is 1. The van der Waals surface area contributed by atoms with Gasteiger partial charge in [-0.2, -0.15) is 0 Å². The first-order valence-corrected chi connectivity index (χ1v) is 6.63. The van der Waals surface area contributed by atoms with Crippen LogP contribution in [0.5, 0.6) is 0 Å². The molecule has 1 amide bonds. The van der Waals surface area contributed by atoms with Gasteiger partial charge in [0.2, 0.25) is 6.10 Å². The predicted octanol–water partition coefficient (Wildman–Crippen LogP) is 3.50. The lowest BCUT2D eigenvalue weighted by Gasteiger charge is -2.16. The first-order valence-electron chi connectivity index (χ1n) is 5.84. The van der Waals surface area contributed by atoms with Gasteiger partial charge < -0.3 is 9.84 Å². The normalized spacial score (nSPS) is 12.0. The number of carbonyl (C=O) groups is 2. The molecule has 1 aromatic carbocycles. The van der Waals surface area contributed by atoms with E-state index in [2.05, 4.69) is 21.2 Å². The van der Waals surface area contributed by atoms with E-state index >= 15 is 0 Å². The molecular weight excluding hydrogens is 314 g/mol. The maximum Gasteiger partial charge on any atom is 0.412 e. The molecule has 0 saturated heterocycles. The zero-order valence-corrected chi connectivity index (χ0v) is 12.3. The Morgan fingerprint density at radius 1 is 1.32 bits per heavy atom. The molecule has 2 N–H and O–H groups in total. The molecule has 0 aliphatic heterocycles. The second kappa shape index (κ2) is 7.13. The molecule has 19 heavy (non-hydrogen) atoms. The highest BCUT2D eigenvalue weighted by molar-refractivity contribution is 9.10. The lowest BCUT2D eigenvalue weighted by atomic mass is 10.1. The van der Waals surface area contributed by atoms with Crippen molar-refractivity contribution >= 4 is 33.7 Å². The molecule has 0 saturated carbocycles. The third kappa shape index (κ3) is 5.74. The standard InChI is InChI=1S/C13H16BrNO4/c1-8(2)7-11(12(16)17)19-13(18)15-10-5-3-9(14)4-6-10/h3-6,8,11H,7H2,1-2H3,(H,15,18)(H,16,17). The van der Waals surface area contributed by atoms with E-state index in [-0.39, 0.29) is 12.3 Å². The number of hydrogen-bond acceptors (Lipinski definition) is 3. The number of benzene rings is 1. The molecule has 1 unspecified atom stereocenters. The molecule has 6 heteroatoms. The SMILES string of the molecule is CC(C)CC(OC(=O)Nc1ccc(Br)cc1)C(=O)O. The van der Waals surface area contributed by atoms with Crippen molar-refractivity contribution in [1.82, 2.24) is 0 Å². The minimum Gasteiger partial charge on any atom is -0.479 e. The fourth-order valence-electron chi connectivity index (χ4n) is 1.44. The van der Waals surface area contributed by atoms with E-state index in [1.54, 1.807) is 24.3 Å². The number of aliphatic carboxylic acids is 1. The summed E-state index contributed by atoms with van der Waals surface area (Å²) >= 11 is 3.28. The number of ether oxygens (including phenoxy) is 1. The molecular formula is C13H16BrNO4. The molecule has 1 atom stereocenters. The summed E-state index contributed by atoms with van der Waals surface area (Å²) in [7, 11) is 0. The van der Waals surface area contributed by atoms with Crippen molar-refractivity contribution in [3.8, 4) is 0 Å². The molecule has 0 aliphatic rings. The molecule has 5 nitrogen and oxygen atoms in total. The van der Waals surface area contributed by atoms with Gasteiger partial charge in [0.15, 0.2) is 0 Å². The zero-order chi connectivity index (χ0) is 14.4. The van der Waals surface area contributed by atoms with Gasteiger partial charge in [-0.25, -0.2) is 9.59 Å². The summed E-state index contributed by atoms with van der Waals surface area (Å²) in [5.41, 5.74) is 0.543. The molecule has 0 bridgehead atoms. The molecule has 0 aromatic heterocycles. The van der Waals surface area contributed by atoms with E-state index < -0.39 is 18.2 Å². The summed E-state index contributed by atoms with van der Waals surface area (Å²) in [4.78, 5) is 22.5. The van der Waals surface area contributed by atoms with Crippen molar-refractivity contribution < 1.29 is 19.4 Å². The van der Waals surface area contributed by atoms with Crippen LogP contribution in [-0.2, 0) is 9.53 Å². The lowest BCUT2D eigenvalue weighted by molar-refractivity contribution is -0.147. The van der Waals surface area contributed by atoms with Gasteiger partial charge >= 0.3 is 12.1 Å². The Hall–Kier alpha value is -1.56. The Labute approximate surface area is 120 Å². The first-order chi connectivity index (χ1) is 8.88. The number of carbonyl (C=O) groups excluding carboxylic acids is 1. The Bertz CT molecular complexity index is 444. The smallest absolute Gasteiger partial charge is 0.412 e. The molecule has 0 heterocycles. The van der Waals surface area contributed by atoms with Crippen LogP contribution in [0.2, 0.25) is 0 Å². The fourth-order valence-corrected chi connectivity index (χ4v) is 1.70. The van der Waals surface area contributed by atoms with Gasteiger partial charge in [0, 0.05) is 10.2 Å². The molecule has 0 spiro atoms. The topological polar surface area (TPSA) is 75.6 Å². The van der Waals surface area contributed by atoms with Gasteiger partial charge in [0.1, 0.15) is 0 Å². The number of rotatable bonds is 5. The van der Waals surface area contributed by atoms with Gasteiger partial charge in [-0.1, -0.05) is 29.8 Å². The molecule has 0 fully saturated rings.